The summed E-state index contributed by atoms with van der Waals surface area (Å²) >= 11 is 13.7. The van der Waals surface area contributed by atoms with Crippen LogP contribution in [0.5, 0.6) is 0 Å². The number of halogens is 2. The second-order valence-corrected chi connectivity index (χ2v) is 6.59. The highest BCUT2D eigenvalue weighted by atomic mass is 35.5. The lowest BCUT2D eigenvalue weighted by molar-refractivity contribution is 0.693. The Morgan fingerprint density at radius 3 is 2.14 bits per heavy atom. The summed E-state index contributed by atoms with van der Waals surface area (Å²) in [6.45, 7) is 6.30. The highest BCUT2D eigenvalue weighted by Crippen LogP contribution is 2.37. The molecule has 0 aliphatic heterocycles. The van der Waals surface area contributed by atoms with E-state index in [1.807, 2.05) is 31.2 Å². The molecule has 0 aliphatic rings. The lowest BCUT2D eigenvalue weighted by atomic mass is 10.1. The van der Waals surface area contributed by atoms with Crippen LogP contribution < -0.4 is 0 Å². The molecule has 3 heteroatoms. The molecule has 1 unspecified atom stereocenters. The van der Waals surface area contributed by atoms with Crippen molar-refractivity contribution in [1.29, 1.82) is 0 Å². The molecule has 14 heavy (non-hydrogen) atoms. The second-order valence-electron chi connectivity index (χ2n) is 3.78. The average molecular weight is 249 g/mol. The smallest absolute Gasteiger partial charge is 0.0452 e. The summed E-state index contributed by atoms with van der Waals surface area (Å²) in [6.07, 6.45) is 0. The molecule has 0 amide bonds. The van der Waals surface area contributed by atoms with Gasteiger partial charge in [-0.3, -0.25) is 0 Å². The van der Waals surface area contributed by atoms with Crippen molar-refractivity contribution in [2.45, 2.75) is 35.8 Å². The standard InChI is InChI=1S/C11H14Cl2S/c1-8(12)11(2,3)14-10-6-4-9(13)5-7-10/h4-8H,1-3H3. The van der Waals surface area contributed by atoms with Gasteiger partial charge in [-0.25, -0.2) is 0 Å². The monoisotopic (exact) mass is 248 g/mol. The van der Waals surface area contributed by atoms with Crippen molar-refractivity contribution in [3.8, 4) is 0 Å². The first-order valence-corrected chi connectivity index (χ1v) is 6.13. The summed E-state index contributed by atoms with van der Waals surface area (Å²) in [5, 5.41) is 0.897. The van der Waals surface area contributed by atoms with Crippen LogP contribution in [0.3, 0.4) is 0 Å². The summed E-state index contributed by atoms with van der Waals surface area (Å²) in [4.78, 5) is 1.20. The van der Waals surface area contributed by atoms with Crippen LogP contribution in [0.4, 0.5) is 0 Å². The van der Waals surface area contributed by atoms with Gasteiger partial charge in [0.25, 0.3) is 0 Å². The van der Waals surface area contributed by atoms with Gasteiger partial charge in [0.1, 0.15) is 0 Å². The van der Waals surface area contributed by atoms with E-state index in [-0.39, 0.29) is 10.1 Å². The van der Waals surface area contributed by atoms with E-state index in [0.29, 0.717) is 0 Å². The second kappa shape index (κ2) is 4.78. The van der Waals surface area contributed by atoms with Crippen LogP contribution >= 0.6 is 35.0 Å². The molecule has 1 aromatic rings. The van der Waals surface area contributed by atoms with Crippen molar-refractivity contribution >= 4 is 35.0 Å². The maximum Gasteiger partial charge on any atom is 0.0452 e. The molecular formula is C11H14Cl2S. The van der Waals surface area contributed by atoms with Crippen molar-refractivity contribution in [3.63, 3.8) is 0 Å². The third-order valence-corrected chi connectivity index (χ3v) is 4.47. The summed E-state index contributed by atoms with van der Waals surface area (Å²) in [5.41, 5.74) is 0. The maximum absolute atomic E-state index is 6.10. The molecule has 0 heterocycles. The zero-order valence-electron chi connectivity index (χ0n) is 8.55. The van der Waals surface area contributed by atoms with Gasteiger partial charge in [-0.1, -0.05) is 11.6 Å². The molecule has 0 radical (unpaired) electrons. The molecule has 1 atom stereocenters. The Hall–Kier alpha value is 0.150. The topological polar surface area (TPSA) is 0 Å². The van der Waals surface area contributed by atoms with Crippen LogP contribution in [-0.4, -0.2) is 10.1 Å². The average Bonchev–Trinajstić information content (AvgIpc) is 2.08. The van der Waals surface area contributed by atoms with Gasteiger partial charge in [0, 0.05) is 20.0 Å². The summed E-state index contributed by atoms with van der Waals surface area (Å²) in [5.74, 6) is 0. The van der Waals surface area contributed by atoms with Crippen LogP contribution in [0, 0.1) is 0 Å². The predicted octanol–water partition coefficient (Wildman–Crippen LogP) is 4.84. The highest BCUT2D eigenvalue weighted by molar-refractivity contribution is 8.00. The van der Waals surface area contributed by atoms with E-state index >= 15 is 0 Å². The molecule has 1 aromatic carbocycles. The summed E-state index contributed by atoms with van der Waals surface area (Å²) in [7, 11) is 0. The Morgan fingerprint density at radius 2 is 1.71 bits per heavy atom. The van der Waals surface area contributed by atoms with Gasteiger partial charge in [-0.2, -0.15) is 0 Å². The van der Waals surface area contributed by atoms with E-state index in [0.717, 1.165) is 5.02 Å². The zero-order valence-corrected chi connectivity index (χ0v) is 10.9. The van der Waals surface area contributed by atoms with Gasteiger partial charge in [0.15, 0.2) is 0 Å². The van der Waals surface area contributed by atoms with E-state index in [2.05, 4.69) is 13.8 Å². The molecule has 78 valence electrons. The Kier molecular flexibility index (Phi) is 4.17. The third kappa shape index (κ3) is 3.38. The molecule has 0 fully saturated rings. The highest BCUT2D eigenvalue weighted by Gasteiger charge is 2.25. The van der Waals surface area contributed by atoms with Crippen LogP contribution in [0.2, 0.25) is 5.02 Å². The van der Waals surface area contributed by atoms with Crippen molar-refractivity contribution in [3.05, 3.63) is 29.3 Å². The molecule has 0 N–H and O–H groups in total. The summed E-state index contributed by atoms with van der Waals surface area (Å²) in [6, 6.07) is 7.85. The molecule has 0 spiro atoms. The van der Waals surface area contributed by atoms with Crippen molar-refractivity contribution in [2.24, 2.45) is 0 Å². The van der Waals surface area contributed by atoms with E-state index in [9.17, 15) is 0 Å². The first-order chi connectivity index (χ1) is 6.42. The minimum atomic E-state index is 0.0371. The SMILES string of the molecule is CC(Cl)C(C)(C)Sc1ccc(Cl)cc1. The Morgan fingerprint density at radius 1 is 1.21 bits per heavy atom. The number of rotatable bonds is 3. The molecule has 1 rings (SSSR count). The fraction of sp³-hybridized carbons (Fsp3) is 0.455. The Labute approximate surface area is 100.0 Å². The molecule has 0 bridgehead atoms. The third-order valence-electron chi connectivity index (χ3n) is 2.15. The lowest BCUT2D eigenvalue weighted by Gasteiger charge is -2.26. The normalized spacial score (nSPS) is 14.1. The van der Waals surface area contributed by atoms with Gasteiger partial charge in [-0.15, -0.1) is 23.4 Å². The lowest BCUT2D eigenvalue weighted by Crippen LogP contribution is -2.25. The minimum Gasteiger partial charge on any atom is -0.122 e. The van der Waals surface area contributed by atoms with Gasteiger partial charge in [0.05, 0.1) is 0 Å². The maximum atomic E-state index is 6.10. The molecule has 0 aliphatic carbocycles. The van der Waals surface area contributed by atoms with E-state index in [1.165, 1.54) is 4.90 Å². The van der Waals surface area contributed by atoms with E-state index in [1.54, 1.807) is 11.8 Å². The van der Waals surface area contributed by atoms with Crippen molar-refractivity contribution in [1.82, 2.24) is 0 Å². The van der Waals surface area contributed by atoms with Crippen LogP contribution in [-0.2, 0) is 0 Å². The fourth-order valence-corrected chi connectivity index (χ4v) is 2.19. The quantitative estimate of drug-likeness (QED) is 0.545. The molecule has 0 saturated carbocycles. The van der Waals surface area contributed by atoms with E-state index < -0.39 is 0 Å². The number of hydrogen-bond acceptors (Lipinski definition) is 1. The number of benzene rings is 1. The van der Waals surface area contributed by atoms with Gasteiger partial charge in [-0.05, 0) is 45.0 Å². The van der Waals surface area contributed by atoms with Crippen LogP contribution in [0.1, 0.15) is 20.8 Å². The van der Waals surface area contributed by atoms with Gasteiger partial charge >= 0.3 is 0 Å². The van der Waals surface area contributed by atoms with Gasteiger partial charge < -0.3 is 0 Å². The van der Waals surface area contributed by atoms with E-state index in [4.69, 9.17) is 23.2 Å². The number of alkyl halides is 1. The number of hydrogen-bond donors (Lipinski definition) is 0. The molecule has 0 nitrogen and oxygen atoms in total. The fourth-order valence-electron chi connectivity index (χ4n) is 0.888. The Bertz CT molecular complexity index is 291. The van der Waals surface area contributed by atoms with Crippen LogP contribution in [0.15, 0.2) is 29.2 Å². The first-order valence-electron chi connectivity index (χ1n) is 4.50. The minimum absolute atomic E-state index is 0.0371. The molecular weight excluding hydrogens is 235 g/mol. The van der Waals surface area contributed by atoms with Crippen LogP contribution in [0.25, 0.3) is 0 Å². The number of thioether (sulfide) groups is 1. The molecule has 0 saturated heterocycles. The molecule has 0 aromatic heterocycles. The predicted molar refractivity (Wildman–Crippen MR) is 66.7 cm³/mol. The van der Waals surface area contributed by atoms with Crippen molar-refractivity contribution in [2.75, 3.05) is 0 Å². The largest absolute Gasteiger partial charge is 0.122 e. The Balaban J connectivity index is 2.74. The summed E-state index contributed by atoms with van der Waals surface area (Å²) < 4.78 is 0.0371. The first kappa shape index (κ1) is 12.2. The zero-order chi connectivity index (χ0) is 10.8. The van der Waals surface area contributed by atoms with Gasteiger partial charge in [0.2, 0.25) is 0 Å². The van der Waals surface area contributed by atoms with Crippen molar-refractivity contribution < 1.29 is 0 Å².